The predicted octanol–water partition coefficient (Wildman–Crippen LogP) is 3.66. The van der Waals surface area contributed by atoms with Crippen LogP contribution in [0.1, 0.15) is 29.2 Å². The second-order valence-corrected chi connectivity index (χ2v) is 8.75. The third kappa shape index (κ3) is 3.71. The van der Waals surface area contributed by atoms with E-state index in [0.29, 0.717) is 23.8 Å². The van der Waals surface area contributed by atoms with Crippen molar-refractivity contribution in [1.29, 1.82) is 0 Å². The molecule has 2 aromatic rings. The van der Waals surface area contributed by atoms with E-state index in [1.165, 1.54) is 6.92 Å². The molecule has 1 N–H and O–H groups in total. The fraction of sp³-hybridized carbons (Fsp3) is 0.316. The first-order valence-corrected chi connectivity index (χ1v) is 10.2. The smallest absolute Gasteiger partial charge is 0.261 e. The van der Waals surface area contributed by atoms with Crippen molar-refractivity contribution in [3.05, 3.63) is 57.6 Å². The van der Waals surface area contributed by atoms with Crippen LogP contribution in [-0.4, -0.2) is 25.8 Å². The average molecular weight is 393 g/mol. The molecule has 0 aromatic heterocycles. The summed E-state index contributed by atoms with van der Waals surface area (Å²) in [7, 11) is -3.78. The van der Waals surface area contributed by atoms with Crippen LogP contribution in [0.2, 0.25) is 5.02 Å². The molecule has 0 unspecified atom stereocenters. The Hall–Kier alpha value is -2.05. The molecule has 1 aliphatic heterocycles. The van der Waals surface area contributed by atoms with Gasteiger partial charge in [0.2, 0.25) is 5.91 Å². The SMILES string of the molecule is CC(=O)N1CCc2ccc(S(=O)(=O)Nc3c(C)cc(C)cc3Cl)cc2C1. The van der Waals surface area contributed by atoms with Crippen LogP contribution in [0.5, 0.6) is 0 Å². The molecule has 0 bridgehead atoms. The Morgan fingerprint density at radius 2 is 1.88 bits per heavy atom. The highest BCUT2D eigenvalue weighted by Gasteiger charge is 2.22. The van der Waals surface area contributed by atoms with Gasteiger partial charge in [-0.25, -0.2) is 8.42 Å². The lowest BCUT2D eigenvalue weighted by molar-refractivity contribution is -0.129. The number of aryl methyl sites for hydroxylation is 2. The standard InChI is InChI=1S/C19H21ClN2O3S/c1-12-8-13(2)19(18(20)9-12)21-26(24,25)17-5-4-15-6-7-22(14(3)23)11-16(15)10-17/h4-5,8-10,21H,6-7,11H2,1-3H3. The van der Waals surface area contributed by atoms with Crippen molar-refractivity contribution in [1.82, 2.24) is 4.90 Å². The highest BCUT2D eigenvalue weighted by molar-refractivity contribution is 7.92. The Morgan fingerprint density at radius 1 is 1.15 bits per heavy atom. The molecule has 0 fully saturated rings. The second kappa shape index (κ2) is 6.93. The molecule has 0 saturated carbocycles. The summed E-state index contributed by atoms with van der Waals surface area (Å²) in [5, 5.41) is 0.367. The van der Waals surface area contributed by atoms with E-state index in [-0.39, 0.29) is 10.8 Å². The molecule has 1 heterocycles. The minimum Gasteiger partial charge on any atom is -0.338 e. The van der Waals surface area contributed by atoms with E-state index >= 15 is 0 Å². The van der Waals surface area contributed by atoms with Gasteiger partial charge < -0.3 is 4.90 Å². The quantitative estimate of drug-likeness (QED) is 0.866. The lowest BCUT2D eigenvalue weighted by Crippen LogP contribution is -2.34. The molecule has 2 aromatic carbocycles. The van der Waals surface area contributed by atoms with Gasteiger partial charge in [0.15, 0.2) is 0 Å². The highest BCUT2D eigenvalue weighted by atomic mass is 35.5. The minimum absolute atomic E-state index is 0.0101. The van der Waals surface area contributed by atoms with Crippen LogP contribution < -0.4 is 4.72 Å². The number of amides is 1. The number of sulfonamides is 1. The van der Waals surface area contributed by atoms with Crippen molar-refractivity contribution < 1.29 is 13.2 Å². The Bertz CT molecular complexity index is 963. The number of benzene rings is 2. The Kier molecular flexibility index (Phi) is 4.99. The van der Waals surface area contributed by atoms with Gasteiger partial charge in [0.1, 0.15) is 0 Å². The van der Waals surface area contributed by atoms with Crippen molar-refractivity contribution >= 4 is 33.2 Å². The van der Waals surface area contributed by atoms with Gasteiger partial charge in [-0.2, -0.15) is 0 Å². The fourth-order valence-corrected chi connectivity index (χ4v) is 4.83. The fourth-order valence-electron chi connectivity index (χ4n) is 3.21. The zero-order valence-corrected chi connectivity index (χ0v) is 16.5. The van der Waals surface area contributed by atoms with Crippen LogP contribution >= 0.6 is 11.6 Å². The van der Waals surface area contributed by atoms with E-state index in [9.17, 15) is 13.2 Å². The third-order valence-electron chi connectivity index (χ3n) is 4.61. The summed E-state index contributed by atoms with van der Waals surface area (Å²) in [6.07, 6.45) is 0.728. The maximum absolute atomic E-state index is 12.8. The van der Waals surface area contributed by atoms with Gasteiger partial charge in [0.05, 0.1) is 15.6 Å². The van der Waals surface area contributed by atoms with E-state index in [4.69, 9.17) is 11.6 Å². The first-order valence-electron chi connectivity index (χ1n) is 8.34. The van der Waals surface area contributed by atoms with E-state index in [2.05, 4.69) is 4.72 Å². The summed E-state index contributed by atoms with van der Waals surface area (Å²) in [5.74, 6) is -0.0101. The molecule has 0 saturated heterocycles. The lowest BCUT2D eigenvalue weighted by Gasteiger charge is -2.28. The molecule has 0 spiro atoms. The second-order valence-electron chi connectivity index (χ2n) is 6.67. The third-order valence-corrected chi connectivity index (χ3v) is 6.26. The van der Waals surface area contributed by atoms with Crippen LogP contribution in [0.15, 0.2) is 35.2 Å². The van der Waals surface area contributed by atoms with Gasteiger partial charge in [0, 0.05) is 20.0 Å². The van der Waals surface area contributed by atoms with Gasteiger partial charge in [0.25, 0.3) is 10.0 Å². The van der Waals surface area contributed by atoms with E-state index in [1.807, 2.05) is 26.0 Å². The molecular formula is C19H21ClN2O3S. The van der Waals surface area contributed by atoms with Crippen molar-refractivity contribution in [3.8, 4) is 0 Å². The number of nitrogens with one attached hydrogen (secondary N) is 1. The van der Waals surface area contributed by atoms with Gasteiger partial charge in [-0.05, 0) is 60.7 Å². The van der Waals surface area contributed by atoms with Crippen molar-refractivity contribution in [2.24, 2.45) is 0 Å². The van der Waals surface area contributed by atoms with Crippen molar-refractivity contribution in [2.45, 2.75) is 38.6 Å². The first kappa shape index (κ1) is 18.7. The van der Waals surface area contributed by atoms with Crippen molar-refractivity contribution in [3.63, 3.8) is 0 Å². The van der Waals surface area contributed by atoms with Crippen LogP contribution in [0.25, 0.3) is 0 Å². The summed E-state index contributed by atoms with van der Waals surface area (Å²) in [6.45, 7) is 6.33. The number of anilines is 1. The Balaban J connectivity index is 1.94. The Morgan fingerprint density at radius 3 is 2.54 bits per heavy atom. The molecular weight excluding hydrogens is 372 g/mol. The van der Waals surface area contributed by atoms with Crippen LogP contribution in [0.4, 0.5) is 5.69 Å². The number of rotatable bonds is 3. The number of hydrogen-bond acceptors (Lipinski definition) is 3. The summed E-state index contributed by atoms with van der Waals surface area (Å²) >= 11 is 6.23. The summed E-state index contributed by atoms with van der Waals surface area (Å²) in [6, 6.07) is 8.67. The molecule has 26 heavy (non-hydrogen) atoms. The number of hydrogen-bond donors (Lipinski definition) is 1. The zero-order valence-electron chi connectivity index (χ0n) is 15.0. The molecule has 7 heteroatoms. The van der Waals surface area contributed by atoms with Crippen LogP contribution in [-0.2, 0) is 27.8 Å². The summed E-state index contributed by atoms with van der Waals surface area (Å²) in [5.41, 5.74) is 4.06. The summed E-state index contributed by atoms with van der Waals surface area (Å²) < 4.78 is 28.3. The predicted molar refractivity (Wildman–Crippen MR) is 103 cm³/mol. The normalized spacial score (nSPS) is 14.1. The Labute approximate surface area is 159 Å². The zero-order chi connectivity index (χ0) is 19.1. The van der Waals surface area contributed by atoms with Gasteiger partial charge in [-0.1, -0.05) is 23.7 Å². The van der Waals surface area contributed by atoms with E-state index < -0.39 is 10.0 Å². The molecule has 0 aliphatic carbocycles. The van der Waals surface area contributed by atoms with Gasteiger partial charge in [-0.15, -0.1) is 0 Å². The number of nitrogens with zero attached hydrogens (tertiary/aromatic N) is 1. The topological polar surface area (TPSA) is 66.5 Å². The van der Waals surface area contributed by atoms with Crippen LogP contribution in [0, 0.1) is 13.8 Å². The maximum Gasteiger partial charge on any atom is 0.261 e. The van der Waals surface area contributed by atoms with Crippen LogP contribution in [0.3, 0.4) is 0 Å². The summed E-state index contributed by atoms with van der Waals surface area (Å²) in [4.78, 5) is 13.5. The maximum atomic E-state index is 12.8. The molecule has 3 rings (SSSR count). The molecule has 1 amide bonds. The number of halogens is 1. The minimum atomic E-state index is -3.78. The molecule has 1 aliphatic rings. The molecule has 0 atom stereocenters. The molecule has 138 valence electrons. The number of fused-ring (bicyclic) bond motifs is 1. The molecule has 0 radical (unpaired) electrons. The monoisotopic (exact) mass is 392 g/mol. The van der Waals surface area contributed by atoms with Crippen molar-refractivity contribution in [2.75, 3.05) is 11.3 Å². The number of carbonyl (C=O) groups excluding carboxylic acids is 1. The number of carbonyl (C=O) groups is 1. The van der Waals surface area contributed by atoms with E-state index in [1.54, 1.807) is 23.1 Å². The average Bonchev–Trinajstić information content (AvgIpc) is 2.57. The highest BCUT2D eigenvalue weighted by Crippen LogP contribution is 2.30. The lowest BCUT2D eigenvalue weighted by atomic mass is 10.00. The molecule has 5 nitrogen and oxygen atoms in total. The largest absolute Gasteiger partial charge is 0.338 e. The first-order chi connectivity index (χ1) is 12.2. The van der Waals surface area contributed by atoms with Gasteiger partial charge in [-0.3, -0.25) is 9.52 Å². The van der Waals surface area contributed by atoms with E-state index in [0.717, 1.165) is 28.7 Å². The van der Waals surface area contributed by atoms with Gasteiger partial charge >= 0.3 is 0 Å².